The first kappa shape index (κ1) is 23.9. The molecule has 32 heavy (non-hydrogen) atoms. The second kappa shape index (κ2) is 9.79. The normalized spacial score (nSPS) is 23.3. The zero-order chi connectivity index (χ0) is 23.5. The van der Waals surface area contributed by atoms with E-state index in [0.717, 1.165) is 10.6 Å². The van der Waals surface area contributed by atoms with E-state index in [-0.39, 0.29) is 49.7 Å². The number of hydrogen-bond donors (Lipinski definition) is 1. The minimum Gasteiger partial charge on any atom is -0.480 e. The van der Waals surface area contributed by atoms with Gasteiger partial charge >= 0.3 is 5.97 Å². The van der Waals surface area contributed by atoms with Gasteiger partial charge in [0.05, 0.1) is 4.92 Å². The van der Waals surface area contributed by atoms with E-state index >= 15 is 0 Å². The van der Waals surface area contributed by atoms with Crippen molar-refractivity contribution in [3.63, 3.8) is 0 Å². The third-order valence-corrected chi connectivity index (χ3v) is 8.54. The van der Waals surface area contributed by atoms with Crippen LogP contribution in [0.2, 0.25) is 0 Å². The molecule has 0 saturated carbocycles. The first-order valence-corrected chi connectivity index (χ1v) is 12.4. The number of carbonyl (C=O) groups excluding carboxylic acids is 2. The van der Waals surface area contributed by atoms with Crippen LogP contribution in [0.1, 0.15) is 31.2 Å². The second-order valence-corrected chi connectivity index (χ2v) is 10.8. The highest BCUT2D eigenvalue weighted by Crippen LogP contribution is 2.49. The van der Waals surface area contributed by atoms with Crippen LogP contribution in [-0.4, -0.2) is 69.9 Å². The molecule has 1 unspecified atom stereocenters. The van der Waals surface area contributed by atoms with Gasteiger partial charge in [-0.05, 0) is 31.2 Å². The van der Waals surface area contributed by atoms with Gasteiger partial charge in [-0.15, -0.1) is 0 Å². The number of carboxylic acids is 1. The molecule has 0 aliphatic carbocycles. The third-order valence-electron chi connectivity index (χ3n) is 5.98. The van der Waals surface area contributed by atoms with Crippen LogP contribution >= 0.6 is 7.37 Å². The van der Waals surface area contributed by atoms with Crippen LogP contribution in [-0.2, 0) is 29.9 Å². The van der Waals surface area contributed by atoms with Crippen LogP contribution in [0.5, 0.6) is 0 Å². The average molecular weight is 467 g/mol. The summed E-state index contributed by atoms with van der Waals surface area (Å²) in [5.74, 6) is -2.81. The molecular formula is C20H26N3O8P. The van der Waals surface area contributed by atoms with Gasteiger partial charge in [0.25, 0.3) is 5.69 Å². The Balaban J connectivity index is 1.74. The second-order valence-electron chi connectivity index (χ2n) is 8.01. The molecule has 3 atom stereocenters. The molecule has 0 aromatic heterocycles. The molecule has 2 aliphatic rings. The lowest BCUT2D eigenvalue weighted by atomic mass is 10.0. The van der Waals surface area contributed by atoms with E-state index in [4.69, 9.17) is 4.52 Å². The maximum Gasteiger partial charge on any atom is 0.328 e. The van der Waals surface area contributed by atoms with Crippen LogP contribution in [0.4, 0.5) is 5.69 Å². The smallest absolute Gasteiger partial charge is 0.328 e. The molecular weight excluding hydrogens is 441 g/mol. The molecule has 1 N–H and O–H groups in total. The van der Waals surface area contributed by atoms with Gasteiger partial charge in [-0.2, -0.15) is 0 Å². The van der Waals surface area contributed by atoms with Crippen molar-refractivity contribution in [3.05, 3.63) is 39.9 Å². The van der Waals surface area contributed by atoms with Crippen LogP contribution in [0.15, 0.2) is 24.3 Å². The van der Waals surface area contributed by atoms with Crippen molar-refractivity contribution in [1.82, 2.24) is 10.0 Å². The summed E-state index contributed by atoms with van der Waals surface area (Å²) < 4.78 is 18.7. The van der Waals surface area contributed by atoms with E-state index in [1.807, 2.05) is 0 Å². The van der Waals surface area contributed by atoms with Crippen molar-refractivity contribution in [2.24, 2.45) is 5.92 Å². The molecule has 0 spiro atoms. The Morgan fingerprint density at radius 1 is 1.28 bits per heavy atom. The molecule has 11 nitrogen and oxygen atoms in total. The van der Waals surface area contributed by atoms with Gasteiger partial charge in [-0.25, -0.2) is 9.80 Å². The number of carbonyl (C=O) groups is 3. The fourth-order valence-electron chi connectivity index (χ4n) is 4.16. The lowest BCUT2D eigenvalue weighted by Crippen LogP contribution is -2.60. The number of aryl methyl sites for hydroxylation is 1. The Morgan fingerprint density at radius 3 is 2.56 bits per heavy atom. The van der Waals surface area contributed by atoms with Crippen LogP contribution in [0.3, 0.4) is 0 Å². The van der Waals surface area contributed by atoms with Crippen LogP contribution in [0, 0.1) is 16.0 Å². The number of benzene rings is 1. The molecule has 174 valence electrons. The third kappa shape index (κ3) is 5.16. The molecule has 3 rings (SSSR count). The summed E-state index contributed by atoms with van der Waals surface area (Å²) >= 11 is 0. The summed E-state index contributed by atoms with van der Waals surface area (Å²) in [6.45, 7) is 0.281. The van der Waals surface area contributed by atoms with Crippen molar-refractivity contribution in [1.29, 1.82) is 0 Å². The molecule has 0 radical (unpaired) electrons. The monoisotopic (exact) mass is 467 g/mol. The number of aliphatic carboxylic acids is 1. The summed E-state index contributed by atoms with van der Waals surface area (Å²) in [6, 6.07) is 4.77. The summed E-state index contributed by atoms with van der Waals surface area (Å²) in [5, 5.41) is 22.6. The van der Waals surface area contributed by atoms with Gasteiger partial charge in [0, 0.05) is 50.4 Å². The Kier molecular flexibility index (Phi) is 7.30. The lowest BCUT2D eigenvalue weighted by Gasteiger charge is -2.42. The molecule has 2 aliphatic heterocycles. The highest BCUT2D eigenvalue weighted by molar-refractivity contribution is 7.59. The average Bonchev–Trinajstić information content (AvgIpc) is 2.90. The van der Waals surface area contributed by atoms with E-state index in [2.05, 4.69) is 0 Å². The van der Waals surface area contributed by atoms with Gasteiger partial charge in [0.2, 0.25) is 19.2 Å². The molecule has 2 saturated heterocycles. The zero-order valence-corrected chi connectivity index (χ0v) is 18.6. The Hall–Kier alpha value is -2.78. The van der Waals surface area contributed by atoms with E-state index in [1.54, 1.807) is 12.1 Å². The number of non-ortho nitro benzene ring substituents is 1. The topological polar surface area (TPSA) is 147 Å². The molecule has 2 heterocycles. The van der Waals surface area contributed by atoms with Crippen molar-refractivity contribution in [3.8, 4) is 0 Å². The van der Waals surface area contributed by atoms with Crippen molar-refractivity contribution < 1.29 is 33.5 Å². The number of fused-ring (bicyclic) bond motifs is 1. The molecule has 12 heteroatoms. The predicted molar refractivity (Wildman–Crippen MR) is 113 cm³/mol. The number of hydrazine groups is 1. The number of hydrogen-bond acceptors (Lipinski definition) is 7. The number of nitro benzene ring substituents is 1. The lowest BCUT2D eigenvalue weighted by molar-refractivity contribution is -0.384. The molecule has 0 bridgehead atoms. The molecule has 1 aromatic rings. The highest BCUT2D eigenvalue weighted by Gasteiger charge is 2.45. The van der Waals surface area contributed by atoms with Gasteiger partial charge in [-0.1, -0.05) is 12.1 Å². The zero-order valence-electron chi connectivity index (χ0n) is 17.7. The van der Waals surface area contributed by atoms with E-state index in [0.29, 0.717) is 12.8 Å². The largest absolute Gasteiger partial charge is 0.480 e. The highest BCUT2D eigenvalue weighted by atomic mass is 31.2. The summed E-state index contributed by atoms with van der Waals surface area (Å²) in [5.41, 5.74) is 0.694. The molecule has 1 aromatic carbocycles. The van der Waals surface area contributed by atoms with Crippen molar-refractivity contribution in [2.75, 3.05) is 26.0 Å². The maximum absolute atomic E-state index is 13.4. The molecule has 2 amide bonds. The van der Waals surface area contributed by atoms with E-state index < -0.39 is 36.1 Å². The fourth-order valence-corrected chi connectivity index (χ4v) is 6.28. The van der Waals surface area contributed by atoms with Gasteiger partial charge in [0.15, 0.2) is 6.04 Å². The number of amides is 2. The summed E-state index contributed by atoms with van der Waals surface area (Å²) in [7, 11) is -1.99. The minimum absolute atomic E-state index is 0.0449. The summed E-state index contributed by atoms with van der Waals surface area (Å²) in [6.07, 6.45) is 1.32. The quantitative estimate of drug-likeness (QED) is 0.348. The van der Waals surface area contributed by atoms with Crippen LogP contribution < -0.4 is 0 Å². The SMILES string of the molecule is COP(=O)(CCc1ccc([N+](=O)[O-])cc1)C[C@H]1CCC(=O)N2CCC[C@@H](C(=O)O)N2C1=O. The van der Waals surface area contributed by atoms with Crippen LogP contribution in [0.25, 0.3) is 0 Å². The minimum atomic E-state index is -3.29. The van der Waals surface area contributed by atoms with E-state index in [1.165, 1.54) is 24.3 Å². The van der Waals surface area contributed by atoms with E-state index in [9.17, 15) is 34.2 Å². The summed E-state index contributed by atoms with van der Waals surface area (Å²) in [4.78, 5) is 47.7. The Morgan fingerprint density at radius 2 is 1.97 bits per heavy atom. The first-order valence-electron chi connectivity index (χ1n) is 10.4. The molecule has 2 fully saturated rings. The Bertz CT molecular complexity index is 951. The number of nitrogens with zero attached hydrogens (tertiary/aromatic N) is 3. The van der Waals surface area contributed by atoms with Gasteiger partial charge < -0.3 is 9.63 Å². The number of rotatable bonds is 8. The van der Waals surface area contributed by atoms with Crippen molar-refractivity contribution >= 4 is 30.8 Å². The number of nitro groups is 1. The fraction of sp³-hybridized carbons (Fsp3) is 0.550. The number of carboxylic acid groups (broad SMARTS) is 1. The standard InChI is InChI=1S/C20H26N3O8P/c1-31-32(30,12-10-14-4-7-16(8-5-14)23(28)29)13-15-6-9-18(24)21-11-2-3-17(20(26)27)22(21)19(15)25/h4-5,7-8,15,17H,2-3,6,9-13H2,1H3,(H,26,27)/t15-,17+,32?/m1/s1. The first-order chi connectivity index (χ1) is 15.1. The maximum atomic E-state index is 13.4. The van der Waals surface area contributed by atoms with Gasteiger partial charge in [0.1, 0.15) is 0 Å². The predicted octanol–water partition coefficient (Wildman–Crippen LogP) is 2.29. The Labute approximate surface area is 184 Å². The van der Waals surface area contributed by atoms with Crippen molar-refractivity contribution in [2.45, 2.75) is 38.1 Å². The van der Waals surface area contributed by atoms with Gasteiger partial charge in [-0.3, -0.25) is 29.3 Å².